The Morgan fingerprint density at radius 2 is 1.83 bits per heavy atom. The van der Waals surface area contributed by atoms with E-state index in [1.165, 1.54) is 11.8 Å². The highest BCUT2D eigenvalue weighted by Crippen LogP contribution is 2.23. The van der Waals surface area contributed by atoms with Crippen LogP contribution in [0.4, 0.5) is 18.9 Å². The standard InChI is InChI=1S/C17H16F3NOS/c1-10-5-3-4-6-12(10)9-23-11(2)17(22)21-14-8-7-13(18)15(19)16(14)20/h3-8,11H,9H2,1-2H3,(H,21,22)/t11-/m0/s1. The number of aryl methyl sites for hydroxylation is 1. The van der Waals surface area contributed by atoms with Gasteiger partial charge >= 0.3 is 0 Å². The molecule has 0 radical (unpaired) electrons. The molecule has 2 nitrogen and oxygen atoms in total. The molecule has 0 aliphatic rings. The average Bonchev–Trinajstić information content (AvgIpc) is 2.54. The van der Waals surface area contributed by atoms with Crippen LogP contribution in [-0.4, -0.2) is 11.2 Å². The Labute approximate surface area is 137 Å². The number of anilines is 1. The Morgan fingerprint density at radius 1 is 1.13 bits per heavy atom. The van der Waals surface area contributed by atoms with Gasteiger partial charge in [-0.2, -0.15) is 0 Å². The van der Waals surface area contributed by atoms with Gasteiger partial charge in [0.05, 0.1) is 10.9 Å². The van der Waals surface area contributed by atoms with Crippen LogP contribution in [0.1, 0.15) is 18.1 Å². The summed E-state index contributed by atoms with van der Waals surface area (Å²) in [6.07, 6.45) is 0. The van der Waals surface area contributed by atoms with E-state index in [1.54, 1.807) is 6.92 Å². The molecule has 122 valence electrons. The Kier molecular flexibility index (Phi) is 5.71. The number of benzene rings is 2. The lowest BCUT2D eigenvalue weighted by molar-refractivity contribution is -0.115. The highest BCUT2D eigenvalue weighted by molar-refractivity contribution is 7.99. The summed E-state index contributed by atoms with van der Waals surface area (Å²) < 4.78 is 39.6. The molecule has 6 heteroatoms. The molecule has 2 rings (SSSR count). The molecular weight excluding hydrogens is 323 g/mol. The van der Waals surface area contributed by atoms with Crippen molar-refractivity contribution in [1.29, 1.82) is 0 Å². The molecule has 0 saturated carbocycles. The van der Waals surface area contributed by atoms with Crippen LogP contribution >= 0.6 is 11.8 Å². The van der Waals surface area contributed by atoms with Crippen molar-refractivity contribution in [1.82, 2.24) is 0 Å². The average molecular weight is 339 g/mol. The number of rotatable bonds is 5. The van der Waals surface area contributed by atoms with Crippen LogP contribution < -0.4 is 5.32 Å². The van der Waals surface area contributed by atoms with Gasteiger partial charge in [-0.3, -0.25) is 4.79 Å². The summed E-state index contributed by atoms with van der Waals surface area (Å²) in [6, 6.07) is 9.60. The predicted octanol–water partition coefficient (Wildman–Crippen LogP) is 4.67. The summed E-state index contributed by atoms with van der Waals surface area (Å²) in [5.41, 5.74) is 1.87. The van der Waals surface area contributed by atoms with Gasteiger partial charge in [0.25, 0.3) is 0 Å². The van der Waals surface area contributed by atoms with E-state index in [-0.39, 0.29) is 5.69 Å². The van der Waals surface area contributed by atoms with E-state index >= 15 is 0 Å². The second-order valence-corrected chi connectivity index (χ2v) is 6.42. The van der Waals surface area contributed by atoms with Gasteiger partial charge < -0.3 is 5.32 Å². The minimum Gasteiger partial charge on any atom is -0.323 e. The maximum absolute atomic E-state index is 13.6. The number of nitrogens with one attached hydrogen (secondary N) is 1. The third-order valence-electron chi connectivity index (χ3n) is 3.41. The van der Waals surface area contributed by atoms with E-state index in [2.05, 4.69) is 5.32 Å². The fourth-order valence-electron chi connectivity index (χ4n) is 1.92. The van der Waals surface area contributed by atoms with Crippen molar-refractivity contribution in [3.63, 3.8) is 0 Å². The number of hydrogen-bond donors (Lipinski definition) is 1. The lowest BCUT2D eigenvalue weighted by Crippen LogP contribution is -2.23. The van der Waals surface area contributed by atoms with Gasteiger partial charge in [0.15, 0.2) is 17.5 Å². The van der Waals surface area contributed by atoms with Crippen LogP contribution in [-0.2, 0) is 10.5 Å². The third-order valence-corrected chi connectivity index (χ3v) is 4.60. The summed E-state index contributed by atoms with van der Waals surface area (Å²) in [6.45, 7) is 3.66. The van der Waals surface area contributed by atoms with E-state index in [0.29, 0.717) is 5.75 Å². The fraction of sp³-hybridized carbons (Fsp3) is 0.235. The number of carbonyl (C=O) groups is 1. The van der Waals surface area contributed by atoms with E-state index in [4.69, 9.17) is 0 Å². The van der Waals surface area contributed by atoms with Crippen molar-refractivity contribution in [2.75, 3.05) is 5.32 Å². The van der Waals surface area contributed by atoms with Crippen LogP contribution in [0.15, 0.2) is 36.4 Å². The van der Waals surface area contributed by atoms with Crippen molar-refractivity contribution >= 4 is 23.4 Å². The Bertz CT molecular complexity index is 721. The van der Waals surface area contributed by atoms with Gasteiger partial charge in [0.2, 0.25) is 5.91 Å². The summed E-state index contributed by atoms with van der Waals surface area (Å²) >= 11 is 1.38. The van der Waals surface area contributed by atoms with Crippen LogP contribution in [0.25, 0.3) is 0 Å². The van der Waals surface area contributed by atoms with E-state index in [1.807, 2.05) is 31.2 Å². The van der Waals surface area contributed by atoms with E-state index in [9.17, 15) is 18.0 Å². The maximum atomic E-state index is 13.6. The molecule has 23 heavy (non-hydrogen) atoms. The Morgan fingerprint density at radius 3 is 2.52 bits per heavy atom. The molecule has 0 saturated heterocycles. The summed E-state index contributed by atoms with van der Waals surface area (Å²) in [4.78, 5) is 12.1. The molecule has 0 aliphatic heterocycles. The smallest absolute Gasteiger partial charge is 0.237 e. The molecule has 2 aromatic carbocycles. The first-order valence-corrected chi connectivity index (χ1v) is 8.05. The van der Waals surface area contributed by atoms with Crippen LogP contribution in [0.2, 0.25) is 0 Å². The molecule has 1 atom stereocenters. The van der Waals surface area contributed by atoms with Crippen molar-refractivity contribution in [2.24, 2.45) is 0 Å². The van der Waals surface area contributed by atoms with Crippen LogP contribution in [0, 0.1) is 24.4 Å². The van der Waals surface area contributed by atoms with E-state index in [0.717, 1.165) is 23.3 Å². The molecule has 0 aliphatic carbocycles. The molecule has 1 N–H and O–H groups in total. The molecule has 0 fully saturated rings. The number of halogens is 3. The number of hydrogen-bond acceptors (Lipinski definition) is 2. The zero-order chi connectivity index (χ0) is 17.0. The maximum Gasteiger partial charge on any atom is 0.237 e. The molecule has 1 amide bonds. The van der Waals surface area contributed by atoms with Crippen molar-refractivity contribution in [3.05, 3.63) is 65.0 Å². The van der Waals surface area contributed by atoms with Crippen LogP contribution in [0.3, 0.4) is 0 Å². The fourth-order valence-corrected chi connectivity index (χ4v) is 2.88. The minimum absolute atomic E-state index is 0.364. The number of thioether (sulfide) groups is 1. The largest absolute Gasteiger partial charge is 0.323 e. The molecule has 0 aromatic heterocycles. The first kappa shape index (κ1) is 17.4. The quantitative estimate of drug-likeness (QED) is 0.802. The predicted molar refractivity (Wildman–Crippen MR) is 86.9 cm³/mol. The highest BCUT2D eigenvalue weighted by atomic mass is 32.2. The van der Waals surface area contributed by atoms with Crippen molar-refractivity contribution < 1.29 is 18.0 Å². The topological polar surface area (TPSA) is 29.1 Å². The Balaban J connectivity index is 1.98. The normalized spacial score (nSPS) is 12.0. The van der Waals surface area contributed by atoms with Gasteiger partial charge in [0, 0.05) is 5.75 Å². The van der Waals surface area contributed by atoms with Crippen molar-refractivity contribution in [2.45, 2.75) is 24.9 Å². The number of amides is 1. The van der Waals surface area contributed by atoms with E-state index < -0.39 is 28.6 Å². The second kappa shape index (κ2) is 7.55. The molecular formula is C17H16F3NOS. The lowest BCUT2D eigenvalue weighted by atomic mass is 10.1. The lowest BCUT2D eigenvalue weighted by Gasteiger charge is -2.13. The number of carbonyl (C=O) groups excluding carboxylic acids is 1. The molecule has 0 spiro atoms. The van der Waals surface area contributed by atoms with Gasteiger partial charge in [-0.25, -0.2) is 13.2 Å². The van der Waals surface area contributed by atoms with Crippen molar-refractivity contribution in [3.8, 4) is 0 Å². The molecule has 0 unspecified atom stereocenters. The first-order chi connectivity index (χ1) is 10.9. The zero-order valence-corrected chi connectivity index (χ0v) is 13.5. The monoisotopic (exact) mass is 339 g/mol. The molecule has 2 aromatic rings. The summed E-state index contributed by atoms with van der Waals surface area (Å²) in [5, 5.41) is 1.82. The summed E-state index contributed by atoms with van der Waals surface area (Å²) in [7, 11) is 0. The summed E-state index contributed by atoms with van der Waals surface area (Å²) in [5.74, 6) is -4.12. The molecule has 0 heterocycles. The SMILES string of the molecule is Cc1ccccc1CS[C@@H](C)C(=O)Nc1ccc(F)c(F)c1F. The first-order valence-electron chi connectivity index (χ1n) is 7.00. The van der Waals surface area contributed by atoms with Gasteiger partial charge in [-0.15, -0.1) is 11.8 Å². The minimum atomic E-state index is -1.59. The third kappa shape index (κ3) is 4.28. The second-order valence-electron chi connectivity index (χ2n) is 5.09. The van der Waals surface area contributed by atoms with Gasteiger partial charge in [0.1, 0.15) is 0 Å². The van der Waals surface area contributed by atoms with Gasteiger partial charge in [-0.1, -0.05) is 24.3 Å². The molecule has 0 bridgehead atoms. The Hall–Kier alpha value is -1.95. The highest BCUT2D eigenvalue weighted by Gasteiger charge is 2.19. The van der Waals surface area contributed by atoms with Gasteiger partial charge in [-0.05, 0) is 37.1 Å². The van der Waals surface area contributed by atoms with Crippen LogP contribution in [0.5, 0.6) is 0 Å². The zero-order valence-electron chi connectivity index (χ0n) is 12.7.